The van der Waals surface area contributed by atoms with Gasteiger partial charge in [-0.25, -0.2) is 4.39 Å². The molecule has 4 N–H and O–H groups in total. The predicted octanol–water partition coefficient (Wildman–Crippen LogP) is 3.14. The van der Waals surface area contributed by atoms with Gasteiger partial charge in [-0.15, -0.1) is 23.2 Å². The summed E-state index contributed by atoms with van der Waals surface area (Å²) in [5.41, 5.74) is 0.858. The van der Waals surface area contributed by atoms with Gasteiger partial charge in [0.05, 0.1) is 11.5 Å². The molecule has 1 saturated heterocycles. The van der Waals surface area contributed by atoms with Crippen molar-refractivity contribution in [2.75, 3.05) is 19.7 Å². The molecule has 0 aromatic carbocycles. The van der Waals surface area contributed by atoms with Gasteiger partial charge >= 0.3 is 0 Å². The Labute approximate surface area is 195 Å². The third kappa shape index (κ3) is 8.35. The van der Waals surface area contributed by atoms with Gasteiger partial charge in [0.15, 0.2) is 0 Å². The van der Waals surface area contributed by atoms with Gasteiger partial charge in [0.25, 0.3) is 0 Å². The van der Waals surface area contributed by atoms with Gasteiger partial charge in [-0.05, 0) is 57.4 Å². The molecule has 2 aliphatic carbocycles. The van der Waals surface area contributed by atoms with Crippen molar-refractivity contribution in [2.45, 2.75) is 93.1 Å². The number of carbonyl (C=O) groups excluding carboxylic acids is 1. The zero-order chi connectivity index (χ0) is 22.2. The van der Waals surface area contributed by atoms with Crippen LogP contribution in [-0.4, -0.2) is 61.0 Å². The molecule has 0 bridgehead atoms. The van der Waals surface area contributed by atoms with Gasteiger partial charge in [0.2, 0.25) is 5.91 Å². The van der Waals surface area contributed by atoms with E-state index in [0.717, 1.165) is 31.5 Å². The lowest BCUT2D eigenvalue weighted by Crippen LogP contribution is -2.62. The first-order valence-corrected chi connectivity index (χ1v) is 12.5. The Bertz CT molecular complexity index is 592. The van der Waals surface area contributed by atoms with Crippen LogP contribution < -0.4 is 21.3 Å². The van der Waals surface area contributed by atoms with Crippen LogP contribution >= 0.6 is 23.2 Å². The number of alkyl halides is 3. The maximum absolute atomic E-state index is 13.6. The highest BCUT2D eigenvalue weighted by atomic mass is 35.5. The fraction of sp³-hybridized carbons (Fsp3) is 0.864. The molecule has 0 aromatic rings. The summed E-state index contributed by atoms with van der Waals surface area (Å²) in [6, 6.07) is 0.491. The zero-order valence-electron chi connectivity index (χ0n) is 18.2. The molecule has 3 aliphatic rings. The highest BCUT2D eigenvalue weighted by Gasteiger charge is 2.31. The van der Waals surface area contributed by atoms with Crippen molar-refractivity contribution < 1.29 is 13.9 Å². The molecule has 0 radical (unpaired) electrons. The molecule has 178 valence electrons. The van der Waals surface area contributed by atoms with E-state index < -0.39 is 11.5 Å². The summed E-state index contributed by atoms with van der Waals surface area (Å²) >= 11 is 12.1. The number of carbonyl (C=O) groups is 1. The van der Waals surface area contributed by atoms with E-state index in [2.05, 4.69) is 27.8 Å². The minimum atomic E-state index is -1.06. The SMILES string of the molecule is C=C(CCNC(=O)COC1CCC(Cl)C(F)C1)NC1NCCC(C2CCC(Cl)CC2)N1. The second-order valence-corrected chi connectivity index (χ2v) is 10.3. The third-order valence-corrected chi connectivity index (χ3v) is 7.58. The molecular formula is C22H37Cl2FN4O2. The van der Waals surface area contributed by atoms with E-state index in [1.165, 1.54) is 12.8 Å². The molecule has 0 aromatic heterocycles. The molecule has 6 nitrogen and oxygen atoms in total. The maximum Gasteiger partial charge on any atom is 0.246 e. The molecule has 0 spiro atoms. The summed E-state index contributed by atoms with van der Waals surface area (Å²) < 4.78 is 19.2. The Kier molecular flexibility index (Phi) is 10.2. The minimum Gasteiger partial charge on any atom is -0.368 e. The number of rotatable bonds is 9. The summed E-state index contributed by atoms with van der Waals surface area (Å²) in [5, 5.41) is 13.2. The lowest BCUT2D eigenvalue weighted by Gasteiger charge is -2.39. The normalized spacial score (nSPS) is 36.5. The minimum absolute atomic E-state index is 0.00952. The van der Waals surface area contributed by atoms with Gasteiger partial charge in [-0.2, -0.15) is 0 Å². The van der Waals surface area contributed by atoms with Gasteiger partial charge in [0.1, 0.15) is 19.1 Å². The first-order chi connectivity index (χ1) is 14.9. The number of hydrogen-bond donors (Lipinski definition) is 4. The number of halogens is 3. The molecule has 5 unspecified atom stereocenters. The Balaban J connectivity index is 1.27. The summed E-state index contributed by atoms with van der Waals surface area (Å²) in [6.07, 6.45) is 6.56. The molecule has 1 aliphatic heterocycles. The molecule has 2 saturated carbocycles. The van der Waals surface area contributed by atoms with E-state index in [0.29, 0.717) is 43.1 Å². The van der Waals surface area contributed by atoms with E-state index in [1.54, 1.807) is 0 Å². The maximum atomic E-state index is 13.6. The van der Waals surface area contributed by atoms with Crippen molar-refractivity contribution in [1.29, 1.82) is 0 Å². The van der Waals surface area contributed by atoms with Crippen LogP contribution in [0.1, 0.15) is 57.8 Å². The first-order valence-electron chi connectivity index (χ1n) is 11.6. The number of ether oxygens (including phenoxy) is 1. The lowest BCUT2D eigenvalue weighted by atomic mass is 9.82. The second kappa shape index (κ2) is 12.6. The summed E-state index contributed by atoms with van der Waals surface area (Å²) in [6.45, 7) is 5.47. The molecule has 3 rings (SSSR count). The summed E-state index contributed by atoms with van der Waals surface area (Å²) in [7, 11) is 0. The average Bonchev–Trinajstić information content (AvgIpc) is 2.75. The highest BCUT2D eigenvalue weighted by Crippen LogP contribution is 2.31. The fourth-order valence-electron chi connectivity index (χ4n) is 4.75. The highest BCUT2D eigenvalue weighted by molar-refractivity contribution is 6.21. The fourth-order valence-corrected chi connectivity index (χ4v) is 5.23. The Morgan fingerprint density at radius 2 is 1.90 bits per heavy atom. The van der Waals surface area contributed by atoms with Crippen LogP contribution in [0.4, 0.5) is 4.39 Å². The molecule has 3 fully saturated rings. The third-order valence-electron chi connectivity index (χ3n) is 6.65. The van der Waals surface area contributed by atoms with E-state index in [1.807, 2.05) is 0 Å². The van der Waals surface area contributed by atoms with E-state index in [4.69, 9.17) is 27.9 Å². The van der Waals surface area contributed by atoms with Crippen LogP contribution in [0.25, 0.3) is 0 Å². The molecule has 9 heteroatoms. The topological polar surface area (TPSA) is 74.4 Å². The molecule has 5 atom stereocenters. The molecule has 1 amide bonds. The monoisotopic (exact) mass is 478 g/mol. The summed E-state index contributed by atoms with van der Waals surface area (Å²) in [4.78, 5) is 12.0. The van der Waals surface area contributed by atoms with Gasteiger partial charge in [0, 0.05) is 36.5 Å². The van der Waals surface area contributed by atoms with Crippen molar-refractivity contribution in [3.8, 4) is 0 Å². The van der Waals surface area contributed by atoms with Crippen molar-refractivity contribution in [3.63, 3.8) is 0 Å². The van der Waals surface area contributed by atoms with E-state index in [-0.39, 0.29) is 31.3 Å². The predicted molar refractivity (Wildman–Crippen MR) is 123 cm³/mol. The van der Waals surface area contributed by atoms with Crippen molar-refractivity contribution in [2.24, 2.45) is 5.92 Å². The number of amides is 1. The largest absolute Gasteiger partial charge is 0.368 e. The number of nitrogens with one attached hydrogen (secondary N) is 4. The second-order valence-electron chi connectivity index (χ2n) is 9.09. The standard InChI is InChI=1S/C22H37Cl2FN4O2/c1-14(8-10-26-21(30)13-31-17-6-7-18(24)19(25)12-17)28-22-27-11-9-20(29-22)15-2-4-16(23)5-3-15/h15-20,22,27-29H,1-13H2,(H,26,30). The summed E-state index contributed by atoms with van der Waals surface area (Å²) in [5.74, 6) is 0.487. The Morgan fingerprint density at radius 3 is 2.65 bits per heavy atom. The van der Waals surface area contributed by atoms with Gasteiger partial charge < -0.3 is 15.4 Å². The zero-order valence-corrected chi connectivity index (χ0v) is 19.7. The van der Waals surface area contributed by atoms with Gasteiger partial charge in [-0.3, -0.25) is 15.4 Å². The van der Waals surface area contributed by atoms with Crippen LogP contribution in [-0.2, 0) is 9.53 Å². The number of hydrogen-bond acceptors (Lipinski definition) is 5. The van der Waals surface area contributed by atoms with Crippen LogP contribution in [0.2, 0.25) is 0 Å². The van der Waals surface area contributed by atoms with Crippen LogP contribution in [0, 0.1) is 5.92 Å². The average molecular weight is 479 g/mol. The van der Waals surface area contributed by atoms with Gasteiger partial charge in [-0.1, -0.05) is 6.58 Å². The van der Waals surface area contributed by atoms with Crippen LogP contribution in [0.15, 0.2) is 12.3 Å². The Morgan fingerprint density at radius 1 is 1.13 bits per heavy atom. The van der Waals surface area contributed by atoms with Crippen LogP contribution in [0.3, 0.4) is 0 Å². The van der Waals surface area contributed by atoms with Crippen molar-refractivity contribution in [3.05, 3.63) is 12.3 Å². The smallest absolute Gasteiger partial charge is 0.246 e. The lowest BCUT2D eigenvalue weighted by molar-refractivity contribution is -0.128. The molecule has 31 heavy (non-hydrogen) atoms. The van der Waals surface area contributed by atoms with Crippen molar-refractivity contribution in [1.82, 2.24) is 21.3 Å². The quantitative estimate of drug-likeness (QED) is 0.383. The Hall–Kier alpha value is -0.600. The molecular weight excluding hydrogens is 442 g/mol. The van der Waals surface area contributed by atoms with Crippen molar-refractivity contribution >= 4 is 29.1 Å². The van der Waals surface area contributed by atoms with Crippen LogP contribution in [0.5, 0.6) is 0 Å². The first kappa shape index (κ1) is 25.0. The van der Waals surface area contributed by atoms with E-state index in [9.17, 15) is 9.18 Å². The molecule has 1 heterocycles. The van der Waals surface area contributed by atoms with E-state index >= 15 is 0 Å².